The molecular formula is C9H13NOS. The van der Waals surface area contributed by atoms with Gasteiger partial charge in [-0.25, -0.2) is 4.98 Å². The molecule has 3 heteroatoms. The molecule has 1 aromatic heterocycles. The summed E-state index contributed by atoms with van der Waals surface area (Å²) in [7, 11) is 0. The molecule has 66 valence electrons. The second-order valence-electron chi connectivity index (χ2n) is 4.15. The molecule has 0 aromatic carbocycles. The number of rotatable bonds is 0. The molecule has 2 rings (SSSR count). The molecule has 0 radical (unpaired) electrons. The van der Waals surface area contributed by atoms with Crippen molar-refractivity contribution >= 4 is 11.3 Å². The van der Waals surface area contributed by atoms with E-state index in [9.17, 15) is 0 Å². The minimum atomic E-state index is -0.209. The van der Waals surface area contributed by atoms with Crippen molar-refractivity contribution in [3.8, 4) is 0 Å². The second kappa shape index (κ2) is 2.09. The van der Waals surface area contributed by atoms with Gasteiger partial charge in [-0.15, -0.1) is 11.3 Å². The van der Waals surface area contributed by atoms with Crippen molar-refractivity contribution in [2.45, 2.75) is 38.9 Å². The van der Waals surface area contributed by atoms with Crippen molar-refractivity contribution in [1.82, 2.24) is 4.98 Å². The molecule has 0 unspecified atom stereocenters. The average Bonchev–Trinajstić information content (AvgIpc) is 2.34. The van der Waals surface area contributed by atoms with Gasteiger partial charge >= 0.3 is 0 Å². The van der Waals surface area contributed by atoms with Gasteiger partial charge in [0.15, 0.2) is 0 Å². The summed E-state index contributed by atoms with van der Waals surface area (Å²) >= 11 is 1.69. The number of ether oxygens (including phenoxy) is 1. The minimum Gasteiger partial charge on any atom is -0.358 e. The van der Waals surface area contributed by atoms with Crippen LogP contribution in [-0.2, 0) is 15.9 Å². The fourth-order valence-corrected chi connectivity index (χ4v) is 2.83. The first-order chi connectivity index (χ1) is 5.43. The normalized spacial score (nSPS) is 24.0. The summed E-state index contributed by atoms with van der Waals surface area (Å²) < 4.78 is 5.89. The number of thiazole rings is 1. The highest BCUT2D eigenvalue weighted by Crippen LogP contribution is 2.47. The van der Waals surface area contributed by atoms with Crippen molar-refractivity contribution in [1.29, 1.82) is 0 Å². The van der Waals surface area contributed by atoms with E-state index in [1.165, 1.54) is 4.88 Å². The summed E-state index contributed by atoms with van der Waals surface area (Å²) in [5.41, 5.74) is 2.65. The minimum absolute atomic E-state index is 0.153. The monoisotopic (exact) mass is 183 g/mol. The first-order valence-electron chi connectivity index (χ1n) is 4.08. The lowest BCUT2D eigenvalue weighted by Crippen LogP contribution is -2.23. The molecule has 0 spiro atoms. The maximum absolute atomic E-state index is 5.89. The SMILES string of the molecule is CC1(C)OC(C)(C)c2scnc21. The molecule has 1 aromatic rings. The Balaban J connectivity index is 2.60. The van der Waals surface area contributed by atoms with Crippen molar-refractivity contribution in [3.63, 3.8) is 0 Å². The third-order valence-corrected chi connectivity index (χ3v) is 3.33. The van der Waals surface area contributed by atoms with Gasteiger partial charge in [0.1, 0.15) is 5.60 Å². The van der Waals surface area contributed by atoms with Crippen molar-refractivity contribution < 1.29 is 4.74 Å². The summed E-state index contributed by atoms with van der Waals surface area (Å²) in [5.74, 6) is 0. The highest BCUT2D eigenvalue weighted by atomic mass is 32.1. The third kappa shape index (κ3) is 0.930. The highest BCUT2D eigenvalue weighted by Gasteiger charge is 2.45. The first kappa shape index (κ1) is 8.20. The molecule has 0 fully saturated rings. The number of hydrogen-bond donors (Lipinski definition) is 0. The van der Waals surface area contributed by atoms with Crippen LogP contribution >= 0.6 is 11.3 Å². The van der Waals surface area contributed by atoms with Gasteiger partial charge in [0, 0.05) is 0 Å². The van der Waals surface area contributed by atoms with E-state index >= 15 is 0 Å². The van der Waals surface area contributed by atoms with Gasteiger partial charge in [-0.3, -0.25) is 0 Å². The van der Waals surface area contributed by atoms with E-state index in [1.54, 1.807) is 11.3 Å². The molecule has 0 saturated heterocycles. The Hall–Kier alpha value is -0.410. The Bertz CT molecular complexity index is 286. The summed E-state index contributed by atoms with van der Waals surface area (Å²) in [6.45, 7) is 8.33. The predicted molar refractivity (Wildman–Crippen MR) is 49.3 cm³/mol. The maximum Gasteiger partial charge on any atom is 0.107 e. The Labute approximate surface area is 76.6 Å². The van der Waals surface area contributed by atoms with E-state index in [4.69, 9.17) is 4.74 Å². The van der Waals surface area contributed by atoms with Gasteiger partial charge < -0.3 is 4.74 Å². The molecule has 2 nitrogen and oxygen atoms in total. The molecule has 12 heavy (non-hydrogen) atoms. The third-order valence-electron chi connectivity index (χ3n) is 2.19. The molecule has 0 atom stereocenters. The first-order valence-corrected chi connectivity index (χ1v) is 4.96. The highest BCUT2D eigenvalue weighted by molar-refractivity contribution is 7.10. The summed E-state index contributed by atoms with van der Waals surface area (Å²) in [6, 6.07) is 0. The molecule has 2 heterocycles. The van der Waals surface area contributed by atoms with Crippen LogP contribution in [0.4, 0.5) is 0 Å². The smallest absolute Gasteiger partial charge is 0.107 e. The molecule has 0 N–H and O–H groups in total. The average molecular weight is 183 g/mol. The Morgan fingerprint density at radius 2 is 1.92 bits per heavy atom. The van der Waals surface area contributed by atoms with Crippen LogP contribution in [0.1, 0.15) is 38.3 Å². The predicted octanol–water partition coefficient (Wildman–Crippen LogP) is 2.64. The zero-order chi connectivity index (χ0) is 8.98. The van der Waals surface area contributed by atoms with Crippen molar-refractivity contribution in [2.75, 3.05) is 0 Å². The molecular weight excluding hydrogens is 170 g/mol. The molecule has 1 aliphatic rings. The molecule has 1 aliphatic heterocycles. The largest absolute Gasteiger partial charge is 0.358 e. The summed E-state index contributed by atoms with van der Waals surface area (Å²) in [5, 5.41) is 0. The number of aromatic nitrogens is 1. The summed E-state index contributed by atoms with van der Waals surface area (Å²) in [6.07, 6.45) is 0. The fourth-order valence-electron chi connectivity index (χ4n) is 1.83. The second-order valence-corrected chi connectivity index (χ2v) is 5.01. The topological polar surface area (TPSA) is 22.1 Å². The Morgan fingerprint density at radius 3 is 2.50 bits per heavy atom. The Morgan fingerprint density at radius 1 is 1.25 bits per heavy atom. The van der Waals surface area contributed by atoms with Crippen LogP contribution in [0, 0.1) is 0 Å². The van der Waals surface area contributed by atoms with Gasteiger partial charge in [0.25, 0.3) is 0 Å². The maximum atomic E-state index is 5.89. The summed E-state index contributed by atoms with van der Waals surface area (Å²) in [4.78, 5) is 5.61. The number of nitrogens with zero attached hydrogens (tertiary/aromatic N) is 1. The Kier molecular flexibility index (Phi) is 1.43. The van der Waals surface area contributed by atoms with Gasteiger partial charge in [-0.05, 0) is 27.7 Å². The van der Waals surface area contributed by atoms with E-state index < -0.39 is 0 Å². The van der Waals surface area contributed by atoms with Gasteiger partial charge in [0.2, 0.25) is 0 Å². The van der Waals surface area contributed by atoms with Crippen molar-refractivity contribution in [3.05, 3.63) is 16.1 Å². The lowest BCUT2D eigenvalue weighted by molar-refractivity contribution is -0.105. The van der Waals surface area contributed by atoms with Crippen LogP contribution in [0.3, 0.4) is 0 Å². The van der Waals surface area contributed by atoms with Crippen LogP contribution in [0.5, 0.6) is 0 Å². The quantitative estimate of drug-likeness (QED) is 0.617. The van der Waals surface area contributed by atoms with E-state index in [0.717, 1.165) is 5.69 Å². The fraction of sp³-hybridized carbons (Fsp3) is 0.667. The van der Waals surface area contributed by atoms with E-state index in [0.29, 0.717) is 0 Å². The van der Waals surface area contributed by atoms with Crippen LogP contribution in [0.2, 0.25) is 0 Å². The molecule has 0 bridgehead atoms. The van der Waals surface area contributed by atoms with Gasteiger partial charge in [-0.1, -0.05) is 0 Å². The molecule has 0 aliphatic carbocycles. The van der Waals surface area contributed by atoms with E-state index in [2.05, 4.69) is 32.7 Å². The lowest BCUT2D eigenvalue weighted by atomic mass is 10.0. The van der Waals surface area contributed by atoms with Crippen LogP contribution < -0.4 is 0 Å². The van der Waals surface area contributed by atoms with Crippen LogP contribution in [0.25, 0.3) is 0 Å². The van der Waals surface area contributed by atoms with Crippen LogP contribution in [0.15, 0.2) is 5.51 Å². The number of hydrogen-bond acceptors (Lipinski definition) is 3. The van der Waals surface area contributed by atoms with Gasteiger partial charge in [-0.2, -0.15) is 0 Å². The van der Waals surface area contributed by atoms with Crippen LogP contribution in [-0.4, -0.2) is 4.98 Å². The van der Waals surface area contributed by atoms with Crippen molar-refractivity contribution in [2.24, 2.45) is 0 Å². The lowest BCUT2D eigenvalue weighted by Gasteiger charge is -2.24. The van der Waals surface area contributed by atoms with E-state index in [-0.39, 0.29) is 11.2 Å². The molecule has 0 saturated carbocycles. The number of fused-ring (bicyclic) bond motifs is 1. The van der Waals surface area contributed by atoms with E-state index in [1.807, 2.05) is 5.51 Å². The molecule has 0 amide bonds. The zero-order valence-electron chi connectivity index (χ0n) is 7.84. The zero-order valence-corrected chi connectivity index (χ0v) is 8.66. The standard InChI is InChI=1S/C9H13NOS/c1-8(2)6-7(12-5-10-6)9(3,4)11-8/h5H,1-4H3. The van der Waals surface area contributed by atoms with Gasteiger partial charge in [0.05, 0.1) is 21.7 Å².